The summed E-state index contributed by atoms with van der Waals surface area (Å²) >= 11 is 0. The van der Waals surface area contributed by atoms with Crippen LogP contribution >= 0.6 is 0 Å². The first-order valence-corrected chi connectivity index (χ1v) is 7.00. The van der Waals surface area contributed by atoms with Crippen molar-refractivity contribution in [2.24, 2.45) is 0 Å². The molecule has 0 aliphatic carbocycles. The molecule has 2 amide bonds. The molecule has 0 bridgehead atoms. The zero-order valence-corrected chi connectivity index (χ0v) is 12.7. The van der Waals surface area contributed by atoms with Crippen molar-refractivity contribution in [3.05, 3.63) is 48.3 Å². The van der Waals surface area contributed by atoms with Crippen molar-refractivity contribution < 1.29 is 9.53 Å². The van der Waals surface area contributed by atoms with E-state index in [2.05, 4.69) is 36.1 Å². The summed E-state index contributed by atoms with van der Waals surface area (Å²) in [4.78, 5) is 20.2. The van der Waals surface area contributed by atoms with Gasteiger partial charge in [0.15, 0.2) is 5.82 Å². The maximum Gasteiger partial charge on any atom is 0.321 e. The molecule has 3 aromatic rings. The lowest BCUT2D eigenvalue weighted by atomic mass is 10.2. The van der Waals surface area contributed by atoms with Crippen LogP contribution in [-0.4, -0.2) is 43.3 Å². The third kappa shape index (κ3) is 3.61. The van der Waals surface area contributed by atoms with Gasteiger partial charge in [-0.1, -0.05) is 11.2 Å². The molecule has 3 heterocycles. The van der Waals surface area contributed by atoms with E-state index in [0.29, 0.717) is 18.2 Å². The molecule has 3 aromatic heterocycles. The molecule has 0 saturated heterocycles. The Morgan fingerprint density at radius 3 is 2.96 bits per heavy atom. The molecular weight excluding hydrogens is 312 g/mol. The zero-order valence-electron chi connectivity index (χ0n) is 12.7. The molecule has 24 heavy (non-hydrogen) atoms. The fraction of sp³-hybridized carbons (Fsp3) is 0.143. The second-order valence-corrected chi connectivity index (χ2v) is 4.62. The van der Waals surface area contributed by atoms with Crippen LogP contribution in [0.15, 0.2) is 42.7 Å². The van der Waals surface area contributed by atoms with Gasteiger partial charge in [0.05, 0.1) is 7.11 Å². The third-order valence-corrected chi connectivity index (χ3v) is 3.02. The summed E-state index contributed by atoms with van der Waals surface area (Å²) in [5.74, 6) is 1.14. The summed E-state index contributed by atoms with van der Waals surface area (Å²) in [5, 5.41) is 16.4. The van der Waals surface area contributed by atoms with Crippen LogP contribution in [0.2, 0.25) is 0 Å². The first-order valence-electron chi connectivity index (χ1n) is 7.00. The minimum absolute atomic E-state index is 0.165. The molecule has 10 heteroatoms. The number of ether oxygens (including phenoxy) is 1. The molecule has 0 aromatic carbocycles. The predicted molar refractivity (Wildman–Crippen MR) is 83.6 cm³/mol. The number of hydrogen-bond donors (Lipinski definition) is 2. The van der Waals surface area contributed by atoms with Crippen molar-refractivity contribution in [1.82, 2.24) is 35.5 Å². The number of urea groups is 1. The summed E-state index contributed by atoms with van der Waals surface area (Å²) in [7, 11) is 1.53. The van der Waals surface area contributed by atoms with E-state index in [1.807, 2.05) is 0 Å². The van der Waals surface area contributed by atoms with Crippen LogP contribution in [0.25, 0.3) is 5.82 Å². The van der Waals surface area contributed by atoms with Crippen LogP contribution in [0.3, 0.4) is 0 Å². The number of aromatic nitrogens is 6. The van der Waals surface area contributed by atoms with E-state index in [9.17, 15) is 4.79 Å². The molecule has 0 radical (unpaired) electrons. The number of hydrogen-bond acceptors (Lipinski definition) is 7. The number of pyridine rings is 2. The summed E-state index contributed by atoms with van der Waals surface area (Å²) < 4.78 is 6.36. The second kappa shape index (κ2) is 7.13. The van der Waals surface area contributed by atoms with Crippen LogP contribution in [0.1, 0.15) is 5.56 Å². The van der Waals surface area contributed by atoms with Crippen LogP contribution in [-0.2, 0) is 6.54 Å². The van der Waals surface area contributed by atoms with E-state index in [0.717, 1.165) is 5.56 Å². The topological polar surface area (TPSA) is 120 Å². The van der Waals surface area contributed by atoms with Crippen LogP contribution < -0.4 is 15.4 Å². The van der Waals surface area contributed by atoms with Gasteiger partial charge in [-0.25, -0.2) is 14.8 Å². The molecule has 2 N–H and O–H groups in total. The Labute approximate surface area is 136 Å². The zero-order chi connectivity index (χ0) is 16.8. The van der Waals surface area contributed by atoms with Gasteiger partial charge in [-0.2, -0.15) is 4.68 Å². The molecular formula is C14H14N8O2. The van der Waals surface area contributed by atoms with Crippen molar-refractivity contribution >= 4 is 12.0 Å². The maximum atomic E-state index is 12.0. The first-order chi connectivity index (χ1) is 11.8. The SMILES string of the molecule is COc1cc(CNC(=O)Nc2nnnn2-c2ccccn2)ccn1. The van der Waals surface area contributed by atoms with Crippen LogP contribution in [0.5, 0.6) is 5.88 Å². The van der Waals surface area contributed by atoms with Gasteiger partial charge >= 0.3 is 6.03 Å². The van der Waals surface area contributed by atoms with Crippen LogP contribution in [0.4, 0.5) is 10.7 Å². The van der Waals surface area contributed by atoms with Gasteiger partial charge < -0.3 is 10.1 Å². The van der Waals surface area contributed by atoms with Crippen molar-refractivity contribution in [3.63, 3.8) is 0 Å². The highest BCUT2D eigenvalue weighted by Crippen LogP contribution is 2.09. The number of methoxy groups -OCH3 is 1. The molecule has 0 spiro atoms. The minimum Gasteiger partial charge on any atom is -0.481 e. The number of tetrazole rings is 1. The van der Waals surface area contributed by atoms with E-state index in [1.165, 1.54) is 11.8 Å². The van der Waals surface area contributed by atoms with E-state index in [-0.39, 0.29) is 5.95 Å². The molecule has 122 valence electrons. The Morgan fingerprint density at radius 2 is 2.17 bits per heavy atom. The Hall–Kier alpha value is -3.56. The summed E-state index contributed by atoms with van der Waals surface area (Å²) in [6.45, 7) is 0.301. The number of nitrogens with one attached hydrogen (secondary N) is 2. The Balaban J connectivity index is 1.63. The van der Waals surface area contributed by atoms with Gasteiger partial charge in [-0.3, -0.25) is 5.32 Å². The fourth-order valence-electron chi connectivity index (χ4n) is 1.90. The second-order valence-electron chi connectivity index (χ2n) is 4.62. The Bertz CT molecular complexity index is 820. The monoisotopic (exact) mass is 326 g/mol. The Kier molecular flexibility index (Phi) is 4.56. The maximum absolute atomic E-state index is 12.0. The number of carbonyl (C=O) groups is 1. The van der Waals surface area contributed by atoms with Crippen molar-refractivity contribution in [2.75, 3.05) is 12.4 Å². The summed E-state index contributed by atoms with van der Waals surface area (Å²) in [6.07, 6.45) is 3.22. The van der Waals surface area contributed by atoms with E-state index < -0.39 is 6.03 Å². The number of rotatable bonds is 5. The van der Waals surface area contributed by atoms with Gasteiger partial charge in [0, 0.05) is 25.0 Å². The number of amides is 2. The Morgan fingerprint density at radius 1 is 1.25 bits per heavy atom. The van der Waals surface area contributed by atoms with Gasteiger partial charge in [-0.05, 0) is 34.2 Å². The highest BCUT2D eigenvalue weighted by atomic mass is 16.5. The van der Waals surface area contributed by atoms with Gasteiger partial charge in [-0.15, -0.1) is 0 Å². The molecule has 0 atom stereocenters. The molecule has 0 unspecified atom stereocenters. The van der Waals surface area contributed by atoms with Gasteiger partial charge in [0.25, 0.3) is 5.95 Å². The van der Waals surface area contributed by atoms with Crippen molar-refractivity contribution in [2.45, 2.75) is 6.54 Å². The first kappa shape index (κ1) is 15.3. The van der Waals surface area contributed by atoms with E-state index in [4.69, 9.17) is 4.74 Å². The molecule has 0 saturated carbocycles. The average Bonchev–Trinajstić information content (AvgIpc) is 3.09. The summed E-state index contributed by atoms with van der Waals surface area (Å²) in [5.41, 5.74) is 0.848. The average molecular weight is 326 g/mol. The molecule has 3 rings (SSSR count). The minimum atomic E-state index is -0.447. The third-order valence-electron chi connectivity index (χ3n) is 3.02. The predicted octanol–water partition coefficient (Wildman–Crippen LogP) is 0.783. The highest BCUT2D eigenvalue weighted by molar-refractivity contribution is 5.87. The molecule has 0 fully saturated rings. The summed E-state index contributed by atoms with van der Waals surface area (Å²) in [6, 6.07) is 8.36. The lowest BCUT2D eigenvalue weighted by Crippen LogP contribution is -2.29. The fourth-order valence-corrected chi connectivity index (χ4v) is 1.90. The number of nitrogens with zero attached hydrogens (tertiary/aromatic N) is 6. The van der Waals surface area contributed by atoms with Crippen LogP contribution in [0, 0.1) is 0 Å². The smallest absolute Gasteiger partial charge is 0.321 e. The lowest BCUT2D eigenvalue weighted by molar-refractivity contribution is 0.251. The van der Waals surface area contributed by atoms with Crippen molar-refractivity contribution in [3.8, 4) is 11.7 Å². The van der Waals surface area contributed by atoms with E-state index in [1.54, 1.807) is 42.7 Å². The highest BCUT2D eigenvalue weighted by Gasteiger charge is 2.12. The largest absolute Gasteiger partial charge is 0.481 e. The van der Waals surface area contributed by atoms with Crippen molar-refractivity contribution in [1.29, 1.82) is 0 Å². The van der Waals surface area contributed by atoms with Gasteiger partial charge in [0.1, 0.15) is 0 Å². The molecule has 0 aliphatic heterocycles. The quantitative estimate of drug-likeness (QED) is 0.711. The number of anilines is 1. The number of carbonyl (C=O) groups excluding carboxylic acids is 1. The van der Waals surface area contributed by atoms with E-state index >= 15 is 0 Å². The standard InChI is InChI=1S/C14H14N8O2/c1-24-12-8-10(5-7-16-12)9-17-14(23)18-13-19-20-21-22(13)11-4-2-3-6-15-11/h2-8H,9H2,1H3,(H2,17,18,19,21,23). The molecule has 0 aliphatic rings. The lowest BCUT2D eigenvalue weighted by Gasteiger charge is -2.08. The molecule has 10 nitrogen and oxygen atoms in total. The van der Waals surface area contributed by atoms with Gasteiger partial charge in [0.2, 0.25) is 5.88 Å². The normalized spacial score (nSPS) is 10.2.